The highest BCUT2D eigenvalue weighted by atomic mass is 32.2. The zero-order chi connectivity index (χ0) is 15.9. The van der Waals surface area contributed by atoms with E-state index in [4.69, 9.17) is 0 Å². The van der Waals surface area contributed by atoms with E-state index in [-0.39, 0.29) is 11.9 Å². The van der Waals surface area contributed by atoms with Gasteiger partial charge in [-0.2, -0.15) is 0 Å². The van der Waals surface area contributed by atoms with E-state index in [1.807, 2.05) is 49.4 Å². The Morgan fingerprint density at radius 2 is 1.64 bits per heavy atom. The minimum Gasteiger partial charge on any atom is -0.349 e. The van der Waals surface area contributed by atoms with Gasteiger partial charge in [-0.25, -0.2) is 0 Å². The molecule has 1 amide bonds. The first-order valence-electron chi connectivity index (χ1n) is 7.64. The van der Waals surface area contributed by atoms with Gasteiger partial charge < -0.3 is 5.32 Å². The minimum atomic E-state index is 0.0114. The van der Waals surface area contributed by atoms with Crippen LogP contribution in [-0.4, -0.2) is 11.9 Å². The Morgan fingerprint density at radius 3 is 2.32 bits per heavy atom. The lowest BCUT2D eigenvalue weighted by atomic mass is 10.1. The first-order valence-corrected chi connectivity index (χ1v) is 8.63. The standard InChI is InChI=1S/C19H23NOS/c1-14(2)15(3)20-19(21)17-11-7-8-12-18(17)22-13-16-9-5-4-6-10-16/h4-12,14-15H,13H2,1-3H3,(H,20,21)/t15-/m0/s1. The topological polar surface area (TPSA) is 29.1 Å². The van der Waals surface area contributed by atoms with Gasteiger partial charge in [-0.05, 0) is 30.5 Å². The van der Waals surface area contributed by atoms with Crippen LogP contribution in [0.5, 0.6) is 0 Å². The zero-order valence-electron chi connectivity index (χ0n) is 13.4. The van der Waals surface area contributed by atoms with E-state index in [2.05, 4.69) is 31.3 Å². The number of rotatable bonds is 6. The van der Waals surface area contributed by atoms with Crippen LogP contribution in [0.2, 0.25) is 0 Å². The lowest BCUT2D eigenvalue weighted by molar-refractivity contribution is 0.0927. The highest BCUT2D eigenvalue weighted by molar-refractivity contribution is 7.98. The van der Waals surface area contributed by atoms with Crippen LogP contribution >= 0.6 is 11.8 Å². The van der Waals surface area contributed by atoms with Crippen molar-refractivity contribution in [1.29, 1.82) is 0 Å². The largest absolute Gasteiger partial charge is 0.349 e. The summed E-state index contributed by atoms with van der Waals surface area (Å²) in [5.74, 6) is 1.30. The number of carbonyl (C=O) groups is 1. The average Bonchev–Trinajstić information content (AvgIpc) is 2.54. The predicted octanol–water partition coefficient (Wildman–Crippen LogP) is 4.75. The molecule has 0 bridgehead atoms. The number of amides is 1. The SMILES string of the molecule is CC(C)[C@H](C)NC(=O)c1ccccc1SCc1ccccc1. The number of hydrogen-bond acceptors (Lipinski definition) is 2. The van der Waals surface area contributed by atoms with Crippen molar-refractivity contribution in [3.8, 4) is 0 Å². The fraction of sp³-hybridized carbons (Fsp3) is 0.316. The molecular weight excluding hydrogens is 290 g/mol. The quantitative estimate of drug-likeness (QED) is 0.780. The first-order chi connectivity index (χ1) is 10.6. The van der Waals surface area contributed by atoms with Gasteiger partial charge in [0.1, 0.15) is 0 Å². The summed E-state index contributed by atoms with van der Waals surface area (Å²) in [5, 5.41) is 3.08. The van der Waals surface area contributed by atoms with Crippen molar-refractivity contribution < 1.29 is 4.79 Å². The molecular formula is C19H23NOS. The molecule has 0 saturated heterocycles. The van der Waals surface area contributed by atoms with Gasteiger partial charge in [-0.3, -0.25) is 4.79 Å². The number of carbonyl (C=O) groups excluding carboxylic acids is 1. The molecule has 1 N–H and O–H groups in total. The maximum atomic E-state index is 12.5. The fourth-order valence-corrected chi connectivity index (χ4v) is 2.97. The van der Waals surface area contributed by atoms with Gasteiger partial charge in [0.15, 0.2) is 0 Å². The smallest absolute Gasteiger partial charge is 0.252 e. The lowest BCUT2D eigenvalue weighted by Gasteiger charge is -2.18. The molecule has 0 heterocycles. The molecule has 116 valence electrons. The molecule has 0 aromatic heterocycles. The van der Waals surface area contributed by atoms with E-state index in [9.17, 15) is 4.79 Å². The third-order valence-electron chi connectivity index (χ3n) is 3.73. The Balaban J connectivity index is 2.08. The number of thioether (sulfide) groups is 1. The van der Waals surface area contributed by atoms with Gasteiger partial charge in [0.2, 0.25) is 0 Å². The Bertz CT molecular complexity index is 610. The van der Waals surface area contributed by atoms with Gasteiger partial charge in [-0.1, -0.05) is 56.3 Å². The molecule has 1 atom stereocenters. The summed E-state index contributed by atoms with van der Waals surface area (Å²) < 4.78 is 0. The van der Waals surface area contributed by atoms with Gasteiger partial charge in [0.05, 0.1) is 5.56 Å². The maximum absolute atomic E-state index is 12.5. The molecule has 0 saturated carbocycles. The molecule has 0 fully saturated rings. The van der Waals surface area contributed by atoms with Crippen molar-refractivity contribution in [2.24, 2.45) is 5.92 Å². The first kappa shape index (κ1) is 16.6. The summed E-state index contributed by atoms with van der Waals surface area (Å²) in [5.41, 5.74) is 2.02. The lowest BCUT2D eigenvalue weighted by Crippen LogP contribution is -2.36. The van der Waals surface area contributed by atoms with Crippen LogP contribution in [-0.2, 0) is 5.75 Å². The van der Waals surface area contributed by atoms with Gasteiger partial charge in [0, 0.05) is 16.7 Å². The summed E-state index contributed by atoms with van der Waals surface area (Å²) in [6, 6.07) is 18.3. The molecule has 2 aromatic rings. The fourth-order valence-electron chi connectivity index (χ4n) is 1.97. The Labute approximate surface area is 137 Å². The van der Waals surface area contributed by atoms with Crippen LogP contribution in [0.25, 0.3) is 0 Å². The Kier molecular flexibility index (Phi) is 6.08. The molecule has 0 spiro atoms. The van der Waals surface area contributed by atoms with Crippen LogP contribution < -0.4 is 5.32 Å². The summed E-state index contributed by atoms with van der Waals surface area (Å²) in [6.07, 6.45) is 0. The summed E-state index contributed by atoms with van der Waals surface area (Å²) >= 11 is 1.70. The van der Waals surface area contributed by atoms with Crippen molar-refractivity contribution in [2.45, 2.75) is 37.5 Å². The molecule has 2 aromatic carbocycles. The highest BCUT2D eigenvalue weighted by Gasteiger charge is 2.15. The summed E-state index contributed by atoms with van der Waals surface area (Å²) in [6.45, 7) is 6.27. The molecule has 2 rings (SSSR count). The van der Waals surface area contributed by atoms with Gasteiger partial charge >= 0.3 is 0 Å². The number of benzene rings is 2. The van der Waals surface area contributed by atoms with Crippen LogP contribution in [0, 0.1) is 5.92 Å². The molecule has 0 unspecified atom stereocenters. The monoisotopic (exact) mass is 313 g/mol. The Morgan fingerprint density at radius 1 is 1.00 bits per heavy atom. The van der Waals surface area contributed by atoms with E-state index in [0.29, 0.717) is 5.92 Å². The molecule has 2 nitrogen and oxygen atoms in total. The van der Waals surface area contributed by atoms with Crippen LogP contribution in [0.15, 0.2) is 59.5 Å². The third-order valence-corrected chi connectivity index (χ3v) is 4.87. The van der Waals surface area contributed by atoms with Gasteiger partial charge in [-0.15, -0.1) is 11.8 Å². The van der Waals surface area contributed by atoms with Crippen molar-refractivity contribution in [1.82, 2.24) is 5.32 Å². The molecule has 0 aliphatic heterocycles. The van der Waals surface area contributed by atoms with E-state index in [0.717, 1.165) is 16.2 Å². The highest BCUT2D eigenvalue weighted by Crippen LogP contribution is 2.26. The molecule has 0 radical (unpaired) electrons. The van der Waals surface area contributed by atoms with Crippen molar-refractivity contribution >= 4 is 17.7 Å². The van der Waals surface area contributed by atoms with E-state index in [1.54, 1.807) is 11.8 Å². The third kappa shape index (κ3) is 4.63. The van der Waals surface area contributed by atoms with Crippen molar-refractivity contribution in [2.75, 3.05) is 0 Å². The second-order valence-corrected chi connectivity index (χ2v) is 6.79. The van der Waals surface area contributed by atoms with E-state index < -0.39 is 0 Å². The van der Waals surface area contributed by atoms with Crippen molar-refractivity contribution in [3.05, 3.63) is 65.7 Å². The second kappa shape index (κ2) is 8.04. The number of nitrogens with one attached hydrogen (secondary N) is 1. The zero-order valence-corrected chi connectivity index (χ0v) is 14.2. The normalized spacial score (nSPS) is 12.2. The van der Waals surface area contributed by atoms with Crippen LogP contribution in [0.4, 0.5) is 0 Å². The average molecular weight is 313 g/mol. The minimum absolute atomic E-state index is 0.0114. The molecule has 22 heavy (non-hydrogen) atoms. The Hall–Kier alpha value is -1.74. The van der Waals surface area contributed by atoms with E-state index in [1.165, 1.54) is 5.56 Å². The van der Waals surface area contributed by atoms with Crippen LogP contribution in [0.3, 0.4) is 0 Å². The molecule has 3 heteroatoms. The summed E-state index contributed by atoms with van der Waals surface area (Å²) in [7, 11) is 0. The number of hydrogen-bond donors (Lipinski definition) is 1. The van der Waals surface area contributed by atoms with Crippen LogP contribution in [0.1, 0.15) is 36.7 Å². The van der Waals surface area contributed by atoms with E-state index >= 15 is 0 Å². The molecule has 0 aliphatic carbocycles. The second-order valence-electron chi connectivity index (χ2n) is 5.78. The van der Waals surface area contributed by atoms with Gasteiger partial charge in [0.25, 0.3) is 5.91 Å². The predicted molar refractivity (Wildman–Crippen MR) is 94.2 cm³/mol. The molecule has 0 aliphatic rings. The maximum Gasteiger partial charge on any atom is 0.252 e. The summed E-state index contributed by atoms with van der Waals surface area (Å²) in [4.78, 5) is 13.5. The van der Waals surface area contributed by atoms with Crippen molar-refractivity contribution in [3.63, 3.8) is 0 Å².